The van der Waals surface area contributed by atoms with Crippen LogP contribution in [0.15, 0.2) is 12.3 Å². The highest BCUT2D eigenvalue weighted by molar-refractivity contribution is 6.17. The van der Waals surface area contributed by atoms with Crippen molar-refractivity contribution in [2.75, 3.05) is 5.73 Å². The molecular formula is C7H9ClN2. The molecule has 1 aromatic heterocycles. The molecule has 0 aliphatic heterocycles. The zero-order valence-corrected chi connectivity index (χ0v) is 6.52. The molecule has 0 aromatic carbocycles. The Hall–Kier alpha value is -0.760. The SMILES string of the molecule is Cc1c(CCl)ccnc1N. The fraction of sp³-hybridized carbons (Fsp3) is 0.286. The number of nitrogens with two attached hydrogens (primary N) is 1. The monoisotopic (exact) mass is 156 g/mol. The molecule has 0 aliphatic carbocycles. The van der Waals surface area contributed by atoms with E-state index in [9.17, 15) is 0 Å². The van der Waals surface area contributed by atoms with Gasteiger partial charge in [0.05, 0.1) is 0 Å². The topological polar surface area (TPSA) is 38.9 Å². The van der Waals surface area contributed by atoms with Crippen LogP contribution in [0.5, 0.6) is 0 Å². The van der Waals surface area contributed by atoms with Gasteiger partial charge in [-0.25, -0.2) is 4.98 Å². The van der Waals surface area contributed by atoms with Gasteiger partial charge >= 0.3 is 0 Å². The maximum atomic E-state index is 5.62. The summed E-state index contributed by atoms with van der Waals surface area (Å²) in [4.78, 5) is 3.91. The van der Waals surface area contributed by atoms with Crippen molar-refractivity contribution in [1.29, 1.82) is 0 Å². The van der Waals surface area contributed by atoms with E-state index in [4.69, 9.17) is 17.3 Å². The lowest BCUT2D eigenvalue weighted by Gasteiger charge is -2.02. The Morgan fingerprint density at radius 3 is 2.90 bits per heavy atom. The molecule has 0 saturated carbocycles. The van der Waals surface area contributed by atoms with Gasteiger partial charge < -0.3 is 5.73 Å². The second-order valence-electron chi connectivity index (χ2n) is 2.11. The van der Waals surface area contributed by atoms with Crippen molar-refractivity contribution in [1.82, 2.24) is 4.98 Å². The summed E-state index contributed by atoms with van der Waals surface area (Å²) >= 11 is 5.62. The van der Waals surface area contributed by atoms with Crippen molar-refractivity contribution in [3.05, 3.63) is 23.4 Å². The summed E-state index contributed by atoms with van der Waals surface area (Å²) in [6, 6.07) is 1.87. The Morgan fingerprint density at radius 2 is 2.40 bits per heavy atom. The predicted molar refractivity (Wildman–Crippen MR) is 42.9 cm³/mol. The van der Waals surface area contributed by atoms with Crippen LogP contribution in [0, 0.1) is 6.92 Å². The lowest BCUT2D eigenvalue weighted by atomic mass is 10.2. The molecule has 1 rings (SSSR count). The first-order valence-electron chi connectivity index (χ1n) is 3.01. The van der Waals surface area contributed by atoms with Crippen LogP contribution in [0.2, 0.25) is 0 Å². The first-order chi connectivity index (χ1) is 4.75. The van der Waals surface area contributed by atoms with Crippen molar-refractivity contribution in [3.8, 4) is 0 Å². The first kappa shape index (κ1) is 7.35. The Morgan fingerprint density at radius 1 is 1.70 bits per heavy atom. The van der Waals surface area contributed by atoms with Crippen molar-refractivity contribution in [3.63, 3.8) is 0 Å². The molecule has 2 N–H and O–H groups in total. The summed E-state index contributed by atoms with van der Waals surface area (Å²) in [5.74, 6) is 1.07. The molecule has 2 nitrogen and oxygen atoms in total. The van der Waals surface area contributed by atoms with Crippen LogP contribution in [0.1, 0.15) is 11.1 Å². The highest BCUT2D eigenvalue weighted by atomic mass is 35.5. The van der Waals surface area contributed by atoms with E-state index in [2.05, 4.69) is 4.98 Å². The summed E-state index contributed by atoms with van der Waals surface area (Å²) in [6.07, 6.45) is 1.67. The minimum absolute atomic E-state index is 0.499. The standard InChI is InChI=1S/C7H9ClN2/c1-5-6(4-8)2-3-10-7(5)9/h2-3H,4H2,1H3,(H2,9,10). The summed E-state index contributed by atoms with van der Waals surface area (Å²) in [7, 11) is 0. The molecule has 0 aliphatic rings. The maximum absolute atomic E-state index is 5.62. The number of alkyl halides is 1. The van der Waals surface area contributed by atoms with Gasteiger partial charge in [0.2, 0.25) is 0 Å². The lowest BCUT2D eigenvalue weighted by molar-refractivity contribution is 1.21. The molecule has 1 heterocycles. The average Bonchev–Trinajstić information content (AvgIpc) is 1.95. The lowest BCUT2D eigenvalue weighted by Crippen LogP contribution is -1.96. The molecule has 0 bridgehead atoms. The number of halogens is 1. The predicted octanol–water partition coefficient (Wildman–Crippen LogP) is 1.71. The Kier molecular flexibility index (Phi) is 2.12. The van der Waals surface area contributed by atoms with E-state index in [1.54, 1.807) is 6.20 Å². The number of rotatable bonds is 1. The number of nitrogens with zero attached hydrogens (tertiary/aromatic N) is 1. The molecule has 0 saturated heterocycles. The van der Waals surface area contributed by atoms with Crippen LogP contribution in [0.25, 0.3) is 0 Å². The van der Waals surface area contributed by atoms with Gasteiger partial charge in [-0.2, -0.15) is 0 Å². The van der Waals surface area contributed by atoms with E-state index in [0.717, 1.165) is 11.1 Å². The van der Waals surface area contributed by atoms with Gasteiger partial charge in [-0.3, -0.25) is 0 Å². The highest BCUT2D eigenvalue weighted by Gasteiger charge is 1.98. The number of aromatic nitrogens is 1. The van der Waals surface area contributed by atoms with Gasteiger partial charge in [-0.1, -0.05) is 0 Å². The zero-order chi connectivity index (χ0) is 7.56. The quantitative estimate of drug-likeness (QED) is 0.629. The number of nitrogen functional groups attached to an aromatic ring is 1. The van der Waals surface area contributed by atoms with E-state index >= 15 is 0 Å². The molecule has 0 amide bonds. The number of hydrogen-bond donors (Lipinski definition) is 1. The van der Waals surface area contributed by atoms with Crippen molar-refractivity contribution >= 4 is 17.4 Å². The second-order valence-corrected chi connectivity index (χ2v) is 2.38. The number of anilines is 1. The number of pyridine rings is 1. The van der Waals surface area contributed by atoms with Crippen LogP contribution in [0.4, 0.5) is 5.82 Å². The summed E-state index contributed by atoms with van der Waals surface area (Å²) < 4.78 is 0. The third-order valence-corrected chi connectivity index (χ3v) is 1.79. The number of hydrogen-bond acceptors (Lipinski definition) is 2. The van der Waals surface area contributed by atoms with E-state index in [1.165, 1.54) is 0 Å². The zero-order valence-electron chi connectivity index (χ0n) is 5.76. The van der Waals surface area contributed by atoms with Crippen LogP contribution in [0.3, 0.4) is 0 Å². The van der Waals surface area contributed by atoms with Gasteiger partial charge in [-0.05, 0) is 24.1 Å². The fourth-order valence-electron chi connectivity index (χ4n) is 0.739. The van der Waals surface area contributed by atoms with E-state index in [-0.39, 0.29) is 0 Å². The molecule has 0 radical (unpaired) electrons. The van der Waals surface area contributed by atoms with Crippen molar-refractivity contribution in [2.45, 2.75) is 12.8 Å². The Labute approximate surface area is 65.0 Å². The van der Waals surface area contributed by atoms with Gasteiger partial charge in [-0.15, -0.1) is 11.6 Å². The van der Waals surface area contributed by atoms with Crippen molar-refractivity contribution in [2.24, 2.45) is 0 Å². The molecule has 54 valence electrons. The van der Waals surface area contributed by atoms with Crippen LogP contribution in [-0.2, 0) is 5.88 Å². The fourth-order valence-corrected chi connectivity index (χ4v) is 1.03. The minimum atomic E-state index is 0.499. The second kappa shape index (κ2) is 2.88. The normalized spacial score (nSPS) is 9.80. The molecule has 1 aromatic rings. The molecule has 0 atom stereocenters. The third kappa shape index (κ3) is 1.21. The van der Waals surface area contributed by atoms with Gasteiger partial charge in [0.15, 0.2) is 0 Å². The van der Waals surface area contributed by atoms with E-state index < -0.39 is 0 Å². The molecule has 0 spiro atoms. The largest absolute Gasteiger partial charge is 0.383 e. The summed E-state index contributed by atoms with van der Waals surface area (Å²) in [5.41, 5.74) is 7.56. The summed E-state index contributed by atoms with van der Waals surface area (Å²) in [6.45, 7) is 1.92. The molecule has 0 unspecified atom stereocenters. The molecule has 3 heteroatoms. The van der Waals surface area contributed by atoms with Crippen LogP contribution >= 0.6 is 11.6 Å². The van der Waals surface area contributed by atoms with Crippen LogP contribution in [-0.4, -0.2) is 4.98 Å². The Balaban J connectivity index is 3.14. The van der Waals surface area contributed by atoms with Crippen molar-refractivity contribution < 1.29 is 0 Å². The van der Waals surface area contributed by atoms with E-state index in [0.29, 0.717) is 11.7 Å². The third-order valence-electron chi connectivity index (χ3n) is 1.50. The molecule has 0 fully saturated rings. The molecular weight excluding hydrogens is 148 g/mol. The van der Waals surface area contributed by atoms with Gasteiger partial charge in [0.25, 0.3) is 0 Å². The first-order valence-corrected chi connectivity index (χ1v) is 3.55. The average molecular weight is 157 g/mol. The summed E-state index contributed by atoms with van der Waals surface area (Å²) in [5, 5.41) is 0. The Bertz CT molecular complexity index is 235. The minimum Gasteiger partial charge on any atom is -0.383 e. The maximum Gasteiger partial charge on any atom is 0.126 e. The smallest absolute Gasteiger partial charge is 0.126 e. The highest BCUT2D eigenvalue weighted by Crippen LogP contribution is 2.13. The van der Waals surface area contributed by atoms with Crippen LogP contribution < -0.4 is 5.73 Å². The van der Waals surface area contributed by atoms with Gasteiger partial charge in [0, 0.05) is 12.1 Å². The van der Waals surface area contributed by atoms with Gasteiger partial charge in [0.1, 0.15) is 5.82 Å². The molecule has 10 heavy (non-hydrogen) atoms. The van der Waals surface area contributed by atoms with E-state index in [1.807, 2.05) is 13.0 Å².